The van der Waals surface area contributed by atoms with E-state index in [4.69, 9.17) is 30.5 Å². The largest absolute Gasteiger partial charge is 0.482 e. The lowest BCUT2D eigenvalue weighted by Gasteiger charge is -2.40. The van der Waals surface area contributed by atoms with Crippen LogP contribution >= 0.6 is 11.6 Å². The molecule has 1 aliphatic heterocycles. The van der Waals surface area contributed by atoms with Gasteiger partial charge in [-0.3, -0.25) is 5.32 Å². The van der Waals surface area contributed by atoms with Crippen molar-refractivity contribution >= 4 is 29.5 Å². The molecule has 2 aromatic rings. The molecule has 0 aromatic heterocycles. The van der Waals surface area contributed by atoms with Gasteiger partial charge in [-0.2, -0.15) is 0 Å². The second-order valence-corrected chi connectivity index (χ2v) is 8.45. The smallest absolute Gasteiger partial charge is 0.420 e. The number of fused-ring (bicyclic) bond motifs is 1. The van der Waals surface area contributed by atoms with E-state index in [1.54, 1.807) is 25.1 Å². The van der Waals surface area contributed by atoms with Crippen LogP contribution < -0.4 is 10.1 Å². The average molecular weight is 490 g/mol. The zero-order valence-electron chi connectivity index (χ0n) is 18.4. The molecule has 1 saturated heterocycles. The second kappa shape index (κ2) is 10.0. The van der Waals surface area contributed by atoms with Crippen molar-refractivity contribution in [1.29, 1.82) is 0 Å². The highest BCUT2D eigenvalue weighted by atomic mass is 35.5. The van der Waals surface area contributed by atoms with Crippen LogP contribution in [0.1, 0.15) is 30.0 Å². The van der Waals surface area contributed by atoms with E-state index in [9.17, 15) is 19.5 Å². The summed E-state index contributed by atoms with van der Waals surface area (Å²) in [5.41, 5.74) is 2.28. The average Bonchev–Trinajstić information content (AvgIpc) is 2.81. The summed E-state index contributed by atoms with van der Waals surface area (Å²) >= 11 is 6.04. The third-order valence-corrected chi connectivity index (χ3v) is 5.92. The summed E-state index contributed by atoms with van der Waals surface area (Å²) in [5.74, 6) is -4.66. The van der Waals surface area contributed by atoms with Crippen molar-refractivity contribution in [3.8, 4) is 5.75 Å². The fourth-order valence-electron chi connectivity index (χ4n) is 4.06. The van der Waals surface area contributed by atoms with Gasteiger partial charge in [0.2, 0.25) is 6.23 Å². The number of esters is 3. The Hall–Kier alpha value is -3.14. The minimum Gasteiger partial charge on any atom is -0.482 e. The molecule has 0 saturated carbocycles. The highest BCUT2D eigenvalue weighted by Crippen LogP contribution is 2.34. The molecule has 1 fully saturated rings. The van der Waals surface area contributed by atoms with Gasteiger partial charge < -0.3 is 24.1 Å². The third-order valence-electron chi connectivity index (χ3n) is 5.69. The molecule has 9 nitrogen and oxygen atoms in total. The van der Waals surface area contributed by atoms with Crippen LogP contribution in [0.2, 0.25) is 5.02 Å². The molecule has 4 rings (SSSR count). The number of benzene rings is 2. The van der Waals surface area contributed by atoms with Crippen LogP contribution in [0, 0.1) is 0 Å². The number of carbonyl (C=O) groups excluding carboxylic acids is 3. The lowest BCUT2D eigenvalue weighted by molar-refractivity contribution is -0.288. The summed E-state index contributed by atoms with van der Waals surface area (Å²) in [6.45, 7) is 1.81. The van der Waals surface area contributed by atoms with Crippen LogP contribution in [0.25, 0.3) is 0 Å². The molecular formula is C24H24ClNO8. The maximum atomic E-state index is 11.9. The second-order valence-electron chi connectivity index (χ2n) is 8.01. The fraction of sp³-hybridized carbons (Fsp3) is 0.375. The summed E-state index contributed by atoms with van der Waals surface area (Å²) in [7, 11) is 0. The Kier molecular flexibility index (Phi) is 7.06. The lowest BCUT2D eigenvalue weighted by atomic mass is 9.87. The standard InChI is InChI=1S/C24H24ClNO8/c1-2-31-20(27)13-32-19-9-7-14-6-8-18(10-15(14)11-19)26-23-24(30,34-22(29)21(28)33-23)16-4-3-5-17(25)12-16/h3-5,7,9,11-12,18,23,26,30H,2,6,8,10,13H2,1H3. The topological polar surface area (TPSA) is 120 Å². The summed E-state index contributed by atoms with van der Waals surface area (Å²) in [6.07, 6.45) is 0.593. The van der Waals surface area contributed by atoms with Crippen molar-refractivity contribution in [3.63, 3.8) is 0 Å². The van der Waals surface area contributed by atoms with E-state index in [0.717, 1.165) is 17.5 Å². The molecule has 3 unspecified atom stereocenters. The number of ether oxygens (including phenoxy) is 4. The van der Waals surface area contributed by atoms with E-state index < -0.39 is 29.9 Å². The number of cyclic esters (lactones) is 2. The first-order chi connectivity index (χ1) is 16.3. The van der Waals surface area contributed by atoms with Gasteiger partial charge in [-0.1, -0.05) is 29.8 Å². The number of hydrogen-bond donors (Lipinski definition) is 2. The number of aryl methyl sites for hydroxylation is 1. The van der Waals surface area contributed by atoms with Crippen molar-refractivity contribution in [2.75, 3.05) is 13.2 Å². The van der Waals surface area contributed by atoms with Crippen LogP contribution in [-0.4, -0.2) is 48.5 Å². The Morgan fingerprint density at radius 1 is 1.21 bits per heavy atom. The Bertz CT molecular complexity index is 1110. The molecular weight excluding hydrogens is 466 g/mol. The minimum atomic E-state index is -2.25. The predicted molar refractivity (Wildman–Crippen MR) is 119 cm³/mol. The molecule has 0 bridgehead atoms. The zero-order valence-corrected chi connectivity index (χ0v) is 19.2. The zero-order chi connectivity index (χ0) is 24.3. The predicted octanol–water partition coefficient (Wildman–Crippen LogP) is 2.00. The molecule has 2 aromatic carbocycles. The monoisotopic (exact) mass is 489 g/mol. The van der Waals surface area contributed by atoms with E-state index in [0.29, 0.717) is 23.6 Å². The number of nitrogens with one attached hydrogen (secondary N) is 1. The normalized spacial score (nSPS) is 24.0. The van der Waals surface area contributed by atoms with E-state index in [1.807, 2.05) is 12.1 Å². The van der Waals surface area contributed by atoms with E-state index in [2.05, 4.69) is 5.32 Å². The van der Waals surface area contributed by atoms with Gasteiger partial charge in [0.15, 0.2) is 6.61 Å². The minimum absolute atomic E-state index is 0.171. The molecule has 34 heavy (non-hydrogen) atoms. The molecule has 0 amide bonds. The van der Waals surface area contributed by atoms with Gasteiger partial charge in [-0.25, -0.2) is 14.4 Å². The Balaban J connectivity index is 1.50. The SMILES string of the molecule is CCOC(=O)COc1ccc2c(c1)CC(NC1OC(=O)C(=O)OC1(O)c1cccc(Cl)c1)CC2. The van der Waals surface area contributed by atoms with Gasteiger partial charge >= 0.3 is 17.9 Å². The van der Waals surface area contributed by atoms with Crippen LogP contribution in [-0.2, 0) is 47.2 Å². The molecule has 0 spiro atoms. The van der Waals surface area contributed by atoms with Crippen LogP contribution in [0.15, 0.2) is 42.5 Å². The Labute approximate surface area is 200 Å². The molecule has 10 heteroatoms. The number of halogens is 1. The van der Waals surface area contributed by atoms with Gasteiger partial charge in [-0.15, -0.1) is 0 Å². The lowest BCUT2D eigenvalue weighted by Crippen LogP contribution is -2.61. The molecule has 2 N–H and O–H groups in total. The van der Waals surface area contributed by atoms with Crippen LogP contribution in [0.3, 0.4) is 0 Å². The summed E-state index contributed by atoms with van der Waals surface area (Å²) in [4.78, 5) is 35.4. The quantitative estimate of drug-likeness (QED) is 0.341. The number of carbonyl (C=O) groups is 3. The van der Waals surface area contributed by atoms with Crippen molar-refractivity contribution in [2.24, 2.45) is 0 Å². The highest BCUT2D eigenvalue weighted by Gasteiger charge is 2.52. The first-order valence-corrected chi connectivity index (χ1v) is 11.2. The number of aliphatic hydroxyl groups is 1. The molecule has 180 valence electrons. The Morgan fingerprint density at radius 2 is 2.03 bits per heavy atom. The third kappa shape index (κ3) is 5.16. The fourth-order valence-corrected chi connectivity index (χ4v) is 4.25. The maximum Gasteiger partial charge on any atom is 0.420 e. The first-order valence-electron chi connectivity index (χ1n) is 10.9. The van der Waals surface area contributed by atoms with Gasteiger partial charge in [0.25, 0.3) is 5.79 Å². The molecule has 2 aliphatic rings. The van der Waals surface area contributed by atoms with Crippen molar-refractivity contribution in [1.82, 2.24) is 5.32 Å². The van der Waals surface area contributed by atoms with E-state index in [-0.39, 0.29) is 24.8 Å². The van der Waals surface area contributed by atoms with Crippen molar-refractivity contribution in [2.45, 2.75) is 44.2 Å². The Morgan fingerprint density at radius 3 is 2.79 bits per heavy atom. The molecule has 3 atom stereocenters. The number of rotatable bonds is 7. The molecule has 1 heterocycles. The first kappa shape index (κ1) is 24.0. The summed E-state index contributed by atoms with van der Waals surface area (Å²) in [5, 5.41) is 14.7. The maximum absolute atomic E-state index is 11.9. The summed E-state index contributed by atoms with van der Waals surface area (Å²) in [6, 6.07) is 11.5. The highest BCUT2D eigenvalue weighted by molar-refractivity contribution is 6.31. The molecule has 0 radical (unpaired) electrons. The van der Waals surface area contributed by atoms with Crippen LogP contribution in [0.4, 0.5) is 0 Å². The van der Waals surface area contributed by atoms with E-state index in [1.165, 1.54) is 12.1 Å². The summed E-state index contributed by atoms with van der Waals surface area (Å²) < 4.78 is 20.7. The van der Waals surface area contributed by atoms with Crippen molar-refractivity contribution in [3.05, 3.63) is 64.2 Å². The van der Waals surface area contributed by atoms with Gasteiger partial charge in [0, 0.05) is 16.6 Å². The van der Waals surface area contributed by atoms with Crippen LogP contribution in [0.5, 0.6) is 5.75 Å². The van der Waals surface area contributed by atoms with Gasteiger partial charge in [0.05, 0.1) is 6.61 Å². The molecule has 1 aliphatic carbocycles. The number of hydrogen-bond acceptors (Lipinski definition) is 9. The van der Waals surface area contributed by atoms with Crippen molar-refractivity contribution < 1.29 is 38.4 Å². The van der Waals surface area contributed by atoms with Gasteiger partial charge in [0.1, 0.15) is 5.75 Å². The van der Waals surface area contributed by atoms with Gasteiger partial charge in [-0.05, 0) is 61.6 Å². The van der Waals surface area contributed by atoms with E-state index >= 15 is 0 Å².